The standard InChI is InChI=1S/C17H38P/c1-5-9-10-11-12-13-14-15-16-17-18(6-2,7-3)8-4/h5-17H2,1-4H3/q+1. The summed E-state index contributed by atoms with van der Waals surface area (Å²) in [6, 6.07) is 0. The maximum Gasteiger partial charge on any atom is 0.0594 e. The third kappa shape index (κ3) is 8.52. The van der Waals surface area contributed by atoms with Crippen molar-refractivity contribution in [2.24, 2.45) is 0 Å². The van der Waals surface area contributed by atoms with Gasteiger partial charge in [-0.15, -0.1) is 0 Å². The van der Waals surface area contributed by atoms with Crippen LogP contribution in [0.15, 0.2) is 0 Å². The van der Waals surface area contributed by atoms with E-state index in [1.54, 1.807) is 6.16 Å². The van der Waals surface area contributed by atoms with E-state index in [-0.39, 0.29) is 0 Å². The monoisotopic (exact) mass is 273 g/mol. The lowest BCUT2D eigenvalue weighted by molar-refractivity contribution is 0.572. The molecule has 0 rings (SSSR count). The van der Waals surface area contributed by atoms with Crippen LogP contribution in [0.25, 0.3) is 0 Å². The number of rotatable bonds is 13. The summed E-state index contributed by atoms with van der Waals surface area (Å²) in [5, 5.41) is 0. The highest BCUT2D eigenvalue weighted by atomic mass is 31.2. The first kappa shape index (κ1) is 18.4. The molecule has 0 aromatic heterocycles. The second-order valence-corrected chi connectivity index (χ2v) is 10.9. The van der Waals surface area contributed by atoms with Gasteiger partial charge in [0.2, 0.25) is 0 Å². The van der Waals surface area contributed by atoms with E-state index in [0.717, 1.165) is 0 Å². The van der Waals surface area contributed by atoms with Gasteiger partial charge in [0.15, 0.2) is 0 Å². The smallest absolute Gasteiger partial charge is 0.0594 e. The predicted octanol–water partition coefficient (Wildman–Crippen LogP) is 6.59. The Labute approximate surface area is 118 Å². The van der Waals surface area contributed by atoms with Crippen molar-refractivity contribution in [3.63, 3.8) is 0 Å². The largest absolute Gasteiger partial charge is 0.0654 e. The summed E-state index contributed by atoms with van der Waals surface area (Å²) < 4.78 is 0. The maximum atomic E-state index is 2.43. The van der Waals surface area contributed by atoms with E-state index in [0.29, 0.717) is 0 Å². The Kier molecular flexibility index (Phi) is 12.8. The Hall–Kier alpha value is 0.430. The average molecular weight is 273 g/mol. The van der Waals surface area contributed by atoms with Crippen LogP contribution in [0.4, 0.5) is 0 Å². The third-order valence-corrected chi connectivity index (χ3v) is 10.0. The Morgan fingerprint density at radius 3 is 1.28 bits per heavy atom. The van der Waals surface area contributed by atoms with Gasteiger partial charge in [0.25, 0.3) is 0 Å². The minimum absolute atomic E-state index is 0.509. The second kappa shape index (κ2) is 12.5. The van der Waals surface area contributed by atoms with Crippen LogP contribution >= 0.6 is 7.26 Å². The van der Waals surface area contributed by atoms with Crippen molar-refractivity contribution in [1.82, 2.24) is 0 Å². The van der Waals surface area contributed by atoms with Crippen LogP contribution in [-0.4, -0.2) is 24.6 Å². The summed E-state index contributed by atoms with van der Waals surface area (Å²) in [5.74, 6) is 0. The zero-order chi connectivity index (χ0) is 13.7. The minimum Gasteiger partial charge on any atom is -0.0654 e. The summed E-state index contributed by atoms with van der Waals surface area (Å²) in [5.41, 5.74) is 0. The normalized spacial score (nSPS) is 12.0. The SMILES string of the molecule is CCCCCCCCCCC[P+](CC)(CC)CC. The fourth-order valence-corrected chi connectivity index (χ4v) is 6.09. The van der Waals surface area contributed by atoms with Crippen molar-refractivity contribution >= 4 is 7.26 Å². The van der Waals surface area contributed by atoms with Crippen LogP contribution in [0.1, 0.15) is 85.5 Å². The molecule has 0 saturated carbocycles. The number of hydrogen-bond donors (Lipinski definition) is 0. The molecule has 0 fully saturated rings. The van der Waals surface area contributed by atoms with Crippen molar-refractivity contribution < 1.29 is 0 Å². The first-order valence-corrected chi connectivity index (χ1v) is 11.1. The van der Waals surface area contributed by atoms with Gasteiger partial charge in [0, 0.05) is 7.26 Å². The topological polar surface area (TPSA) is 0 Å². The lowest BCUT2D eigenvalue weighted by Crippen LogP contribution is -2.07. The van der Waals surface area contributed by atoms with Crippen LogP contribution in [0.2, 0.25) is 0 Å². The zero-order valence-corrected chi connectivity index (χ0v) is 14.5. The molecule has 0 heterocycles. The summed E-state index contributed by atoms with van der Waals surface area (Å²) in [6.07, 6.45) is 19.2. The highest BCUT2D eigenvalue weighted by Crippen LogP contribution is 2.58. The molecule has 0 aromatic rings. The molecule has 0 N–H and O–H groups in total. The van der Waals surface area contributed by atoms with Crippen molar-refractivity contribution in [3.05, 3.63) is 0 Å². The van der Waals surface area contributed by atoms with Gasteiger partial charge in [-0.3, -0.25) is 0 Å². The lowest BCUT2D eigenvalue weighted by atomic mass is 10.1. The van der Waals surface area contributed by atoms with Crippen LogP contribution in [0.3, 0.4) is 0 Å². The second-order valence-electron chi connectivity index (χ2n) is 5.84. The molecule has 0 aliphatic rings. The molecule has 18 heavy (non-hydrogen) atoms. The van der Waals surface area contributed by atoms with Gasteiger partial charge in [-0.25, -0.2) is 0 Å². The van der Waals surface area contributed by atoms with Gasteiger partial charge in [0.1, 0.15) is 0 Å². The lowest BCUT2D eigenvalue weighted by Gasteiger charge is -2.23. The van der Waals surface area contributed by atoms with Gasteiger partial charge in [-0.05, 0) is 33.6 Å². The van der Waals surface area contributed by atoms with E-state index >= 15 is 0 Å². The molecule has 0 amide bonds. The van der Waals surface area contributed by atoms with Gasteiger partial charge in [0.05, 0.1) is 24.6 Å². The minimum atomic E-state index is -0.509. The van der Waals surface area contributed by atoms with E-state index < -0.39 is 7.26 Å². The highest BCUT2D eigenvalue weighted by molar-refractivity contribution is 7.75. The van der Waals surface area contributed by atoms with Crippen molar-refractivity contribution in [2.45, 2.75) is 85.5 Å². The third-order valence-electron chi connectivity index (χ3n) is 4.75. The maximum absolute atomic E-state index is 2.43. The van der Waals surface area contributed by atoms with Gasteiger partial charge < -0.3 is 0 Å². The van der Waals surface area contributed by atoms with E-state index in [2.05, 4.69) is 27.7 Å². The molecule has 0 saturated heterocycles. The quantitative estimate of drug-likeness (QED) is 0.262. The van der Waals surface area contributed by atoms with Gasteiger partial charge in [-0.2, -0.15) is 0 Å². The average Bonchev–Trinajstić information content (AvgIpc) is 2.42. The molecule has 1 heteroatoms. The van der Waals surface area contributed by atoms with Crippen molar-refractivity contribution in [2.75, 3.05) is 24.6 Å². The molecule has 0 radical (unpaired) electrons. The molecule has 0 nitrogen and oxygen atoms in total. The molecule has 0 spiro atoms. The van der Waals surface area contributed by atoms with E-state index in [4.69, 9.17) is 0 Å². The molecular formula is C17H38P+. The Balaban J connectivity index is 3.38. The first-order valence-electron chi connectivity index (χ1n) is 8.59. The number of unbranched alkanes of at least 4 members (excludes halogenated alkanes) is 8. The Morgan fingerprint density at radius 2 is 0.889 bits per heavy atom. The summed E-state index contributed by atoms with van der Waals surface area (Å²) >= 11 is 0. The van der Waals surface area contributed by atoms with Crippen LogP contribution in [0, 0.1) is 0 Å². The highest BCUT2D eigenvalue weighted by Gasteiger charge is 2.29. The summed E-state index contributed by atoms with van der Waals surface area (Å²) in [6.45, 7) is 9.57. The van der Waals surface area contributed by atoms with Crippen molar-refractivity contribution in [1.29, 1.82) is 0 Å². The summed E-state index contributed by atoms with van der Waals surface area (Å²) in [4.78, 5) is 0. The van der Waals surface area contributed by atoms with Gasteiger partial charge >= 0.3 is 0 Å². The van der Waals surface area contributed by atoms with Crippen molar-refractivity contribution in [3.8, 4) is 0 Å². The van der Waals surface area contributed by atoms with E-state index in [1.165, 1.54) is 76.3 Å². The van der Waals surface area contributed by atoms with Crippen LogP contribution < -0.4 is 0 Å². The first-order chi connectivity index (χ1) is 8.74. The molecule has 0 aromatic carbocycles. The molecule has 0 bridgehead atoms. The fourth-order valence-electron chi connectivity index (χ4n) is 2.90. The molecule has 110 valence electrons. The molecule has 0 unspecified atom stereocenters. The molecule has 0 atom stereocenters. The van der Waals surface area contributed by atoms with Gasteiger partial charge in [-0.1, -0.05) is 51.9 Å². The predicted molar refractivity (Wildman–Crippen MR) is 90.6 cm³/mol. The summed E-state index contributed by atoms with van der Waals surface area (Å²) in [7, 11) is -0.509. The van der Waals surface area contributed by atoms with Crippen LogP contribution in [0.5, 0.6) is 0 Å². The Bertz CT molecular complexity index is 153. The van der Waals surface area contributed by atoms with Crippen LogP contribution in [-0.2, 0) is 0 Å². The molecule has 0 aliphatic heterocycles. The molecule has 0 aliphatic carbocycles. The number of hydrogen-bond acceptors (Lipinski definition) is 0. The zero-order valence-electron chi connectivity index (χ0n) is 13.6. The van der Waals surface area contributed by atoms with E-state index in [1.807, 2.05) is 0 Å². The fraction of sp³-hybridized carbons (Fsp3) is 1.00. The van der Waals surface area contributed by atoms with E-state index in [9.17, 15) is 0 Å². The Morgan fingerprint density at radius 1 is 0.500 bits per heavy atom. The molecular weight excluding hydrogens is 235 g/mol.